The van der Waals surface area contributed by atoms with Crippen molar-refractivity contribution in [2.45, 2.75) is 19.8 Å². The van der Waals surface area contributed by atoms with Gasteiger partial charge >= 0.3 is 5.97 Å². The van der Waals surface area contributed by atoms with Crippen LogP contribution in [0, 0.1) is 0 Å². The molecular weight excluding hydrogens is 298 g/mol. The number of aryl methyl sites for hydroxylation is 1. The number of aromatic nitrogens is 2. The van der Waals surface area contributed by atoms with Crippen molar-refractivity contribution in [1.82, 2.24) is 9.78 Å². The van der Waals surface area contributed by atoms with E-state index in [9.17, 15) is 9.59 Å². The SMILES string of the molecule is COc1cc(NC(=O)c2cn(C)nc2C(C)C)ccc1C(=O)O. The molecule has 0 aliphatic rings. The van der Waals surface area contributed by atoms with Crippen LogP contribution in [0.25, 0.3) is 0 Å². The summed E-state index contributed by atoms with van der Waals surface area (Å²) in [5, 5.41) is 16.1. The number of hydrogen-bond donors (Lipinski definition) is 2. The van der Waals surface area contributed by atoms with Crippen LogP contribution in [-0.2, 0) is 7.05 Å². The maximum atomic E-state index is 12.4. The van der Waals surface area contributed by atoms with Crippen molar-refractivity contribution in [1.29, 1.82) is 0 Å². The van der Waals surface area contributed by atoms with Crippen LogP contribution in [0.5, 0.6) is 5.75 Å². The molecule has 0 fully saturated rings. The minimum atomic E-state index is -1.09. The van der Waals surface area contributed by atoms with Crippen LogP contribution in [0.2, 0.25) is 0 Å². The van der Waals surface area contributed by atoms with Gasteiger partial charge in [-0.25, -0.2) is 4.79 Å². The molecule has 0 atom stereocenters. The molecule has 23 heavy (non-hydrogen) atoms. The lowest BCUT2D eigenvalue weighted by atomic mass is 10.1. The Morgan fingerprint density at radius 2 is 2.00 bits per heavy atom. The molecule has 0 unspecified atom stereocenters. The van der Waals surface area contributed by atoms with E-state index in [-0.39, 0.29) is 23.1 Å². The number of aromatic carboxylic acids is 1. The van der Waals surface area contributed by atoms with Gasteiger partial charge in [-0.05, 0) is 18.1 Å². The molecule has 0 radical (unpaired) electrons. The van der Waals surface area contributed by atoms with E-state index in [0.29, 0.717) is 16.9 Å². The highest BCUT2D eigenvalue weighted by Crippen LogP contribution is 2.24. The number of benzene rings is 1. The third-order valence-electron chi connectivity index (χ3n) is 3.34. The van der Waals surface area contributed by atoms with Crippen molar-refractivity contribution in [2.24, 2.45) is 7.05 Å². The average Bonchev–Trinajstić information content (AvgIpc) is 2.89. The molecule has 1 aromatic carbocycles. The van der Waals surface area contributed by atoms with Crippen molar-refractivity contribution < 1.29 is 19.4 Å². The number of rotatable bonds is 5. The Balaban J connectivity index is 2.29. The van der Waals surface area contributed by atoms with E-state index in [1.807, 2.05) is 13.8 Å². The third-order valence-corrected chi connectivity index (χ3v) is 3.34. The average molecular weight is 317 g/mol. The van der Waals surface area contributed by atoms with Crippen LogP contribution >= 0.6 is 0 Å². The highest BCUT2D eigenvalue weighted by atomic mass is 16.5. The fraction of sp³-hybridized carbons (Fsp3) is 0.312. The highest BCUT2D eigenvalue weighted by Gasteiger charge is 2.19. The summed E-state index contributed by atoms with van der Waals surface area (Å²) in [5.41, 5.74) is 1.69. The second kappa shape index (κ2) is 6.51. The molecule has 0 bridgehead atoms. The van der Waals surface area contributed by atoms with Gasteiger partial charge in [0.05, 0.1) is 18.4 Å². The van der Waals surface area contributed by atoms with E-state index in [2.05, 4.69) is 10.4 Å². The smallest absolute Gasteiger partial charge is 0.339 e. The lowest BCUT2D eigenvalue weighted by Gasteiger charge is -2.10. The molecule has 2 rings (SSSR count). The van der Waals surface area contributed by atoms with Crippen LogP contribution < -0.4 is 10.1 Å². The second-order valence-corrected chi connectivity index (χ2v) is 5.43. The number of anilines is 1. The summed E-state index contributed by atoms with van der Waals surface area (Å²) in [7, 11) is 3.14. The molecule has 1 heterocycles. The van der Waals surface area contributed by atoms with Crippen molar-refractivity contribution in [3.8, 4) is 5.75 Å². The van der Waals surface area contributed by atoms with Gasteiger partial charge in [0.1, 0.15) is 11.3 Å². The van der Waals surface area contributed by atoms with E-state index in [1.54, 1.807) is 17.9 Å². The molecule has 1 aromatic heterocycles. The molecule has 2 aromatic rings. The van der Waals surface area contributed by atoms with Gasteiger partial charge in [-0.3, -0.25) is 9.48 Å². The molecule has 0 saturated carbocycles. The molecule has 2 N–H and O–H groups in total. The molecule has 1 amide bonds. The zero-order chi connectivity index (χ0) is 17.1. The summed E-state index contributed by atoms with van der Waals surface area (Å²) in [6.07, 6.45) is 1.66. The van der Waals surface area contributed by atoms with Gasteiger partial charge < -0.3 is 15.2 Å². The number of nitrogens with one attached hydrogen (secondary N) is 1. The molecule has 0 aliphatic heterocycles. The fourth-order valence-electron chi connectivity index (χ4n) is 2.25. The monoisotopic (exact) mass is 317 g/mol. The number of methoxy groups -OCH3 is 1. The van der Waals surface area contributed by atoms with Gasteiger partial charge in [0, 0.05) is 25.0 Å². The molecule has 122 valence electrons. The Hall–Kier alpha value is -2.83. The van der Waals surface area contributed by atoms with E-state index in [0.717, 1.165) is 0 Å². The van der Waals surface area contributed by atoms with Gasteiger partial charge in [0.2, 0.25) is 0 Å². The Morgan fingerprint density at radius 1 is 1.30 bits per heavy atom. The van der Waals surface area contributed by atoms with Gasteiger partial charge in [-0.2, -0.15) is 5.10 Å². The summed E-state index contributed by atoms with van der Waals surface area (Å²) >= 11 is 0. The Bertz CT molecular complexity index is 750. The van der Waals surface area contributed by atoms with Gasteiger partial charge in [0.15, 0.2) is 0 Å². The number of carboxylic acid groups (broad SMARTS) is 1. The molecule has 0 spiro atoms. The largest absolute Gasteiger partial charge is 0.496 e. The Labute approximate surface area is 133 Å². The summed E-state index contributed by atoms with van der Waals surface area (Å²) < 4.78 is 6.65. The van der Waals surface area contributed by atoms with Crippen LogP contribution in [0.3, 0.4) is 0 Å². The highest BCUT2D eigenvalue weighted by molar-refractivity contribution is 6.05. The number of nitrogens with zero attached hydrogens (tertiary/aromatic N) is 2. The molecule has 0 saturated heterocycles. The van der Waals surface area contributed by atoms with Gasteiger partial charge in [-0.15, -0.1) is 0 Å². The quantitative estimate of drug-likeness (QED) is 0.883. The van der Waals surface area contributed by atoms with E-state index in [1.165, 1.54) is 25.3 Å². The van der Waals surface area contributed by atoms with Crippen molar-refractivity contribution >= 4 is 17.6 Å². The van der Waals surface area contributed by atoms with Crippen LogP contribution in [-0.4, -0.2) is 33.9 Å². The topological polar surface area (TPSA) is 93.5 Å². The number of carbonyl (C=O) groups excluding carboxylic acids is 1. The molecule has 7 nitrogen and oxygen atoms in total. The Morgan fingerprint density at radius 3 is 2.57 bits per heavy atom. The van der Waals surface area contributed by atoms with Crippen molar-refractivity contribution in [3.05, 3.63) is 41.2 Å². The van der Waals surface area contributed by atoms with E-state index < -0.39 is 5.97 Å². The molecular formula is C16H19N3O4. The summed E-state index contributed by atoms with van der Waals surface area (Å²) in [4.78, 5) is 23.5. The first kappa shape index (κ1) is 16.5. The standard InChI is InChI=1S/C16H19N3O4/c1-9(2)14-12(8-19(3)18-14)15(20)17-10-5-6-11(16(21)22)13(7-10)23-4/h5-9H,1-4H3,(H,17,20)(H,21,22). The van der Waals surface area contributed by atoms with Gasteiger partial charge in [0.25, 0.3) is 5.91 Å². The lowest BCUT2D eigenvalue weighted by molar-refractivity contribution is 0.0693. The lowest BCUT2D eigenvalue weighted by Crippen LogP contribution is -2.14. The van der Waals surface area contributed by atoms with E-state index >= 15 is 0 Å². The Kier molecular flexibility index (Phi) is 4.68. The van der Waals surface area contributed by atoms with Crippen molar-refractivity contribution in [2.75, 3.05) is 12.4 Å². The number of carboxylic acids is 1. The minimum absolute atomic E-state index is 0.0368. The van der Waals surface area contributed by atoms with E-state index in [4.69, 9.17) is 9.84 Å². The normalized spacial score (nSPS) is 10.7. The predicted octanol–water partition coefficient (Wildman–Crippen LogP) is 2.50. The number of amides is 1. The number of hydrogen-bond acceptors (Lipinski definition) is 4. The number of carbonyl (C=O) groups is 2. The van der Waals surface area contributed by atoms with Crippen LogP contribution in [0.15, 0.2) is 24.4 Å². The third kappa shape index (κ3) is 3.50. The van der Waals surface area contributed by atoms with Crippen LogP contribution in [0.1, 0.15) is 46.2 Å². The number of ether oxygens (including phenoxy) is 1. The van der Waals surface area contributed by atoms with Crippen molar-refractivity contribution in [3.63, 3.8) is 0 Å². The zero-order valence-corrected chi connectivity index (χ0v) is 13.5. The second-order valence-electron chi connectivity index (χ2n) is 5.43. The predicted molar refractivity (Wildman–Crippen MR) is 85.2 cm³/mol. The summed E-state index contributed by atoms with van der Waals surface area (Å²) in [6.45, 7) is 3.92. The maximum absolute atomic E-state index is 12.4. The van der Waals surface area contributed by atoms with Crippen LogP contribution in [0.4, 0.5) is 5.69 Å². The maximum Gasteiger partial charge on any atom is 0.339 e. The summed E-state index contributed by atoms with van der Waals surface area (Å²) in [6, 6.07) is 4.39. The first-order valence-corrected chi connectivity index (χ1v) is 7.09. The minimum Gasteiger partial charge on any atom is -0.496 e. The van der Waals surface area contributed by atoms with Gasteiger partial charge in [-0.1, -0.05) is 13.8 Å². The summed E-state index contributed by atoms with van der Waals surface area (Å²) in [5.74, 6) is -1.09. The first-order valence-electron chi connectivity index (χ1n) is 7.09. The molecule has 7 heteroatoms. The first-order chi connectivity index (χ1) is 10.8. The fourth-order valence-corrected chi connectivity index (χ4v) is 2.25. The molecule has 0 aliphatic carbocycles. The zero-order valence-electron chi connectivity index (χ0n) is 13.5.